The minimum atomic E-state index is -1.62. The average molecular weight is 893 g/mol. The Morgan fingerprint density at radius 2 is 0.613 bits per heavy atom. The molecule has 0 radical (unpaired) electrons. The molecule has 5 unspecified atom stereocenters. The number of aliphatic hydroxyl groups is 6. The molecule has 0 fully saturated rings. The minimum absolute atomic E-state index is 0.0335. The van der Waals surface area contributed by atoms with E-state index in [0.29, 0.717) is 0 Å². The fourth-order valence-electron chi connectivity index (χ4n) is 4.27. The predicted octanol–water partition coefficient (Wildman–Crippen LogP) is -1.06. The molecule has 0 aromatic rings. The highest BCUT2D eigenvalue weighted by Crippen LogP contribution is 2.21. The fraction of sp³-hybridized carbons (Fsp3) is 0.634. The van der Waals surface area contributed by atoms with Crippen LogP contribution in [-0.4, -0.2) is 195 Å². The van der Waals surface area contributed by atoms with Crippen LogP contribution in [0, 0.1) is 0 Å². The van der Waals surface area contributed by atoms with Crippen molar-refractivity contribution in [2.75, 3.05) is 79.3 Å². The molecule has 0 saturated heterocycles. The molecule has 0 aliphatic heterocycles. The molecular weight excluding hydrogens is 828 g/mol. The maximum Gasteiger partial charge on any atom is 0.333 e. The summed E-state index contributed by atoms with van der Waals surface area (Å²) < 4.78 is 54.5. The minimum Gasteiger partial charge on any atom is -0.460 e. The van der Waals surface area contributed by atoms with Crippen LogP contribution >= 0.6 is 0 Å². The summed E-state index contributed by atoms with van der Waals surface area (Å²) in [5, 5.41) is 63.9. The predicted molar refractivity (Wildman–Crippen MR) is 216 cm³/mol. The Hall–Kier alpha value is -4.39. The smallest absolute Gasteiger partial charge is 0.333 e. The molecule has 0 aliphatic rings. The van der Waals surface area contributed by atoms with Gasteiger partial charge in [-0.25, -0.2) is 24.0 Å². The number of aliphatic hydroxyl groups excluding tert-OH is 6. The second-order valence-corrected chi connectivity index (χ2v) is 14.2. The molecule has 0 aromatic heterocycles. The normalized spacial score (nSPS) is 15.5. The molecule has 21 heteroatoms. The third-order valence-corrected chi connectivity index (χ3v) is 7.57. The molecule has 0 saturated carbocycles. The van der Waals surface area contributed by atoms with Gasteiger partial charge in [0.2, 0.25) is 0 Å². The standard InChI is InChI=1S/C41H64O21/c1-23(2)37(48)58-17-28(43)12-53-22-34(55-14-30(45)19-60-39(50)25(5)6)36(57-16-32(47)21-62-41(52)27(9)10)35(56-15-31(46)20-61-40(51)26(7)8)33(11-42)54-13-29(44)18-59-38(49)24(3)4/h28-36,42-47H,1,3,5,7,9,11-22H2,2,4,6,8,10H3/t28?,29?,30?,31?,32?,33-,34+,35+,36-/m1/s1. The largest absolute Gasteiger partial charge is 0.460 e. The number of hydrogen-bond donors (Lipinski definition) is 6. The molecule has 0 spiro atoms. The molecule has 354 valence electrons. The van der Waals surface area contributed by atoms with Crippen LogP contribution in [0.25, 0.3) is 0 Å². The monoisotopic (exact) mass is 892 g/mol. The summed E-state index contributed by atoms with van der Waals surface area (Å²) in [5.41, 5.74) is 0.238. The van der Waals surface area contributed by atoms with Gasteiger partial charge in [0.25, 0.3) is 0 Å². The van der Waals surface area contributed by atoms with Gasteiger partial charge in [-0.15, -0.1) is 0 Å². The van der Waals surface area contributed by atoms with Gasteiger partial charge in [-0.05, 0) is 34.6 Å². The first kappa shape index (κ1) is 57.6. The van der Waals surface area contributed by atoms with Gasteiger partial charge < -0.3 is 78.0 Å². The third-order valence-electron chi connectivity index (χ3n) is 7.57. The zero-order valence-corrected chi connectivity index (χ0v) is 36.0. The maximum atomic E-state index is 12.0. The van der Waals surface area contributed by atoms with Gasteiger partial charge >= 0.3 is 29.8 Å². The van der Waals surface area contributed by atoms with Crippen molar-refractivity contribution in [2.24, 2.45) is 0 Å². The Morgan fingerprint density at radius 3 is 0.887 bits per heavy atom. The van der Waals surface area contributed by atoms with Gasteiger partial charge in [0, 0.05) is 27.9 Å². The molecule has 0 rings (SSSR count). The van der Waals surface area contributed by atoms with Crippen LogP contribution in [-0.2, 0) is 71.3 Å². The highest BCUT2D eigenvalue weighted by Gasteiger charge is 2.40. The molecule has 9 atom stereocenters. The van der Waals surface area contributed by atoms with Crippen molar-refractivity contribution in [3.05, 3.63) is 60.8 Å². The molecule has 0 bridgehead atoms. The van der Waals surface area contributed by atoms with Crippen molar-refractivity contribution in [3.63, 3.8) is 0 Å². The van der Waals surface area contributed by atoms with Crippen molar-refractivity contribution < 1.29 is 102 Å². The van der Waals surface area contributed by atoms with E-state index >= 15 is 0 Å². The van der Waals surface area contributed by atoms with E-state index < -0.39 is 164 Å². The highest BCUT2D eigenvalue weighted by molar-refractivity contribution is 5.88. The topological polar surface area (TPSA) is 299 Å². The number of ether oxygens (including phenoxy) is 10. The Balaban J connectivity index is 7.00. The molecule has 62 heavy (non-hydrogen) atoms. The quantitative estimate of drug-likeness (QED) is 0.0251. The first-order valence-corrected chi connectivity index (χ1v) is 19.2. The summed E-state index contributed by atoms with van der Waals surface area (Å²) in [4.78, 5) is 59.8. The summed E-state index contributed by atoms with van der Waals surface area (Å²) in [6, 6.07) is 0. The lowest BCUT2D eigenvalue weighted by Gasteiger charge is -2.38. The van der Waals surface area contributed by atoms with Crippen LogP contribution in [0.4, 0.5) is 0 Å². The third kappa shape index (κ3) is 25.5. The van der Waals surface area contributed by atoms with Crippen LogP contribution < -0.4 is 0 Å². The van der Waals surface area contributed by atoms with E-state index in [1.807, 2.05) is 0 Å². The van der Waals surface area contributed by atoms with E-state index in [1.165, 1.54) is 34.6 Å². The lowest BCUT2D eigenvalue weighted by Crippen LogP contribution is -2.54. The molecule has 21 nitrogen and oxygen atoms in total. The number of hydrogen-bond acceptors (Lipinski definition) is 21. The zero-order valence-electron chi connectivity index (χ0n) is 36.0. The second kappa shape index (κ2) is 31.4. The first-order chi connectivity index (χ1) is 29.0. The number of carbonyl (C=O) groups is 5. The maximum absolute atomic E-state index is 12.0. The van der Waals surface area contributed by atoms with Gasteiger partial charge in [0.1, 0.15) is 88.0 Å². The Morgan fingerprint density at radius 1 is 0.371 bits per heavy atom. The van der Waals surface area contributed by atoms with Crippen molar-refractivity contribution in [1.82, 2.24) is 0 Å². The van der Waals surface area contributed by atoms with E-state index in [1.54, 1.807) is 0 Å². The Labute approximate surface area is 361 Å². The molecule has 0 aliphatic carbocycles. The summed E-state index contributed by atoms with van der Waals surface area (Å²) in [6.45, 7) is 16.9. The molecule has 0 aromatic carbocycles. The number of esters is 5. The number of carbonyl (C=O) groups excluding carboxylic acids is 5. The number of rotatable bonds is 35. The zero-order chi connectivity index (χ0) is 47.5. The summed E-state index contributed by atoms with van der Waals surface area (Å²) in [5.74, 6) is -4.04. The van der Waals surface area contributed by atoms with E-state index in [0.717, 1.165) is 0 Å². The SMILES string of the molecule is C=C(C)C(=O)OCC(O)COC[C@H](OCC(O)COC(=O)C(=C)C)[C@@H](OCC(O)COC(=O)C(=C)C)[C@@H](OCC(O)COC(=O)C(=C)C)[C@@H](CO)OCC(O)COC(=O)C(=C)C. The fourth-order valence-corrected chi connectivity index (χ4v) is 4.27. The molecule has 0 heterocycles. The Kier molecular flexibility index (Phi) is 29.2. The van der Waals surface area contributed by atoms with Crippen molar-refractivity contribution in [3.8, 4) is 0 Å². The van der Waals surface area contributed by atoms with Crippen molar-refractivity contribution in [2.45, 2.75) is 89.6 Å². The van der Waals surface area contributed by atoms with Crippen LogP contribution in [0.1, 0.15) is 34.6 Å². The summed E-state index contributed by atoms with van der Waals surface area (Å²) in [7, 11) is 0. The van der Waals surface area contributed by atoms with Crippen LogP contribution in [0.15, 0.2) is 60.8 Å². The summed E-state index contributed by atoms with van der Waals surface area (Å²) in [6.07, 6.45) is -13.7. The van der Waals surface area contributed by atoms with Gasteiger partial charge in [-0.3, -0.25) is 0 Å². The van der Waals surface area contributed by atoms with Crippen molar-refractivity contribution in [1.29, 1.82) is 0 Å². The highest BCUT2D eigenvalue weighted by atomic mass is 16.6. The average Bonchev–Trinajstić information content (AvgIpc) is 3.21. The first-order valence-electron chi connectivity index (χ1n) is 19.2. The van der Waals surface area contributed by atoms with Gasteiger partial charge in [-0.1, -0.05) is 32.9 Å². The van der Waals surface area contributed by atoms with Crippen LogP contribution in [0.2, 0.25) is 0 Å². The second-order valence-electron chi connectivity index (χ2n) is 14.2. The molecular formula is C41H64O21. The Bertz CT molecular complexity index is 1490. The lowest BCUT2D eigenvalue weighted by atomic mass is 10.0. The molecule has 0 amide bonds. The van der Waals surface area contributed by atoms with Gasteiger partial charge in [0.15, 0.2) is 0 Å². The van der Waals surface area contributed by atoms with Crippen LogP contribution in [0.3, 0.4) is 0 Å². The van der Waals surface area contributed by atoms with Gasteiger partial charge in [-0.2, -0.15) is 0 Å². The van der Waals surface area contributed by atoms with Crippen LogP contribution in [0.5, 0.6) is 0 Å². The van der Waals surface area contributed by atoms with E-state index in [2.05, 4.69) is 32.9 Å². The van der Waals surface area contributed by atoms with Crippen molar-refractivity contribution >= 4 is 29.8 Å². The van der Waals surface area contributed by atoms with E-state index in [-0.39, 0.29) is 27.9 Å². The molecule has 6 N–H and O–H groups in total. The lowest BCUT2D eigenvalue weighted by molar-refractivity contribution is -0.216. The summed E-state index contributed by atoms with van der Waals surface area (Å²) >= 11 is 0. The van der Waals surface area contributed by atoms with E-state index in [9.17, 15) is 54.6 Å². The van der Waals surface area contributed by atoms with Gasteiger partial charge in [0.05, 0.1) is 46.2 Å². The van der Waals surface area contributed by atoms with E-state index in [4.69, 9.17) is 47.4 Å².